The van der Waals surface area contributed by atoms with Gasteiger partial charge in [0.2, 0.25) is 10.9 Å². The number of sulfone groups is 1. The molecule has 0 unspecified atom stereocenters. The van der Waals surface area contributed by atoms with Crippen LogP contribution in [0.25, 0.3) is 15.2 Å². The normalized spacial score (nSPS) is 19.9. The molecule has 1 fully saturated rings. The number of carbonyl (C=O) groups excluding carboxylic acids is 1. The van der Waals surface area contributed by atoms with Crippen LogP contribution in [0.1, 0.15) is 6.42 Å². The first kappa shape index (κ1) is 15.9. The number of benzene rings is 1. The minimum absolute atomic E-state index is 0.0355. The number of nitrogens with one attached hydrogen (secondary N) is 1. The molecule has 1 amide bonds. The van der Waals surface area contributed by atoms with Crippen molar-refractivity contribution in [1.82, 2.24) is 19.9 Å². The highest BCUT2D eigenvalue weighted by Crippen LogP contribution is 2.29. The van der Waals surface area contributed by atoms with E-state index in [0.29, 0.717) is 11.6 Å². The molecule has 3 heterocycles. The van der Waals surface area contributed by atoms with E-state index in [0.717, 1.165) is 15.2 Å². The van der Waals surface area contributed by atoms with Crippen molar-refractivity contribution in [2.75, 3.05) is 17.3 Å². The van der Waals surface area contributed by atoms with Gasteiger partial charge < -0.3 is 5.32 Å². The second kappa shape index (κ2) is 6.01. The molecule has 3 aromatic rings. The molecular weight excluding hydrogens is 368 g/mol. The average molecular weight is 382 g/mol. The van der Waals surface area contributed by atoms with Gasteiger partial charge in [-0.05, 0) is 18.6 Å². The molecule has 1 saturated heterocycles. The Hall–Kier alpha value is -1.65. The molecule has 10 heteroatoms. The lowest BCUT2D eigenvalue weighted by Crippen LogP contribution is -2.36. The van der Waals surface area contributed by atoms with Crippen molar-refractivity contribution >= 4 is 54.0 Å². The first-order chi connectivity index (χ1) is 11.5. The van der Waals surface area contributed by atoms with Crippen LogP contribution in [0.2, 0.25) is 0 Å². The number of hydrogen-bond donors (Lipinski definition) is 1. The Labute approximate surface area is 146 Å². The van der Waals surface area contributed by atoms with E-state index in [1.165, 1.54) is 11.8 Å². The largest absolute Gasteiger partial charge is 0.352 e. The maximum atomic E-state index is 12.1. The minimum atomic E-state index is -2.99. The van der Waals surface area contributed by atoms with Gasteiger partial charge in [0.25, 0.3) is 0 Å². The fourth-order valence-corrected chi connectivity index (χ4v) is 6.21. The van der Waals surface area contributed by atoms with Gasteiger partial charge in [-0.1, -0.05) is 35.2 Å². The number of thiazole rings is 1. The van der Waals surface area contributed by atoms with Crippen molar-refractivity contribution in [3.05, 3.63) is 24.3 Å². The quantitative estimate of drug-likeness (QED) is 0.685. The van der Waals surface area contributed by atoms with E-state index in [1.807, 2.05) is 28.7 Å². The van der Waals surface area contributed by atoms with Crippen LogP contribution in [0.15, 0.2) is 29.4 Å². The highest BCUT2D eigenvalue weighted by molar-refractivity contribution is 7.99. The second-order valence-electron chi connectivity index (χ2n) is 5.63. The minimum Gasteiger partial charge on any atom is -0.352 e. The maximum Gasteiger partial charge on any atom is 0.230 e. The summed E-state index contributed by atoms with van der Waals surface area (Å²) in [6, 6.07) is 7.67. The molecule has 2 aromatic heterocycles. The Morgan fingerprint density at radius 2 is 2.21 bits per heavy atom. The van der Waals surface area contributed by atoms with Crippen LogP contribution < -0.4 is 5.32 Å². The van der Waals surface area contributed by atoms with Crippen molar-refractivity contribution in [2.45, 2.75) is 17.6 Å². The maximum absolute atomic E-state index is 12.1. The Morgan fingerprint density at radius 1 is 1.38 bits per heavy atom. The summed E-state index contributed by atoms with van der Waals surface area (Å²) in [5.41, 5.74) is 1.02. The molecule has 1 N–H and O–H groups in total. The number of para-hydroxylation sites is 1. The number of nitrogens with zero attached hydrogens (tertiary/aromatic N) is 3. The lowest BCUT2D eigenvalue weighted by atomic mass is 10.3. The van der Waals surface area contributed by atoms with E-state index in [4.69, 9.17) is 0 Å². The number of aromatic nitrogens is 3. The zero-order valence-corrected chi connectivity index (χ0v) is 15.0. The van der Waals surface area contributed by atoms with Gasteiger partial charge in [-0.2, -0.15) is 0 Å². The Balaban J connectivity index is 1.46. The Bertz CT molecular complexity index is 1020. The fraction of sp³-hybridized carbons (Fsp3) is 0.357. The predicted molar refractivity (Wildman–Crippen MR) is 94.3 cm³/mol. The summed E-state index contributed by atoms with van der Waals surface area (Å²) in [5.74, 6) is 0.185. The number of amides is 1. The second-order valence-corrected chi connectivity index (χ2v) is 9.81. The van der Waals surface area contributed by atoms with E-state index >= 15 is 0 Å². The zero-order valence-electron chi connectivity index (χ0n) is 12.5. The van der Waals surface area contributed by atoms with Gasteiger partial charge in [0.15, 0.2) is 15.0 Å². The van der Waals surface area contributed by atoms with Gasteiger partial charge in [0.05, 0.1) is 27.5 Å². The lowest BCUT2D eigenvalue weighted by Gasteiger charge is -2.09. The van der Waals surface area contributed by atoms with Crippen molar-refractivity contribution in [2.24, 2.45) is 0 Å². The summed E-state index contributed by atoms with van der Waals surface area (Å²) >= 11 is 2.85. The molecule has 1 aliphatic rings. The average Bonchev–Trinajstić information content (AvgIpc) is 3.18. The van der Waals surface area contributed by atoms with Crippen LogP contribution in [0, 0.1) is 0 Å². The monoisotopic (exact) mass is 382 g/mol. The topological polar surface area (TPSA) is 93.4 Å². The van der Waals surface area contributed by atoms with Gasteiger partial charge in [0.1, 0.15) is 0 Å². The summed E-state index contributed by atoms with van der Waals surface area (Å²) < 4.78 is 25.9. The van der Waals surface area contributed by atoms with Gasteiger partial charge >= 0.3 is 0 Å². The SMILES string of the molecule is O=C(CSc1nnc2sc3ccccc3n12)N[C@H]1CCS(=O)(=O)C1. The molecule has 1 atom stereocenters. The van der Waals surface area contributed by atoms with Crippen molar-refractivity contribution in [3.63, 3.8) is 0 Å². The third-order valence-corrected chi connectivity index (χ3v) is 7.55. The van der Waals surface area contributed by atoms with Crippen LogP contribution >= 0.6 is 23.1 Å². The molecule has 0 saturated carbocycles. The summed E-state index contributed by atoms with van der Waals surface area (Å²) in [5, 5.41) is 11.7. The van der Waals surface area contributed by atoms with E-state index < -0.39 is 9.84 Å². The van der Waals surface area contributed by atoms with Gasteiger partial charge in [0, 0.05) is 6.04 Å². The highest BCUT2D eigenvalue weighted by Gasteiger charge is 2.28. The highest BCUT2D eigenvalue weighted by atomic mass is 32.2. The van der Waals surface area contributed by atoms with E-state index in [1.54, 1.807) is 11.3 Å². The molecule has 0 radical (unpaired) electrons. The third-order valence-electron chi connectivity index (χ3n) is 3.84. The number of carbonyl (C=O) groups is 1. The molecule has 0 aliphatic carbocycles. The van der Waals surface area contributed by atoms with Crippen LogP contribution in [-0.4, -0.2) is 52.2 Å². The smallest absolute Gasteiger partial charge is 0.230 e. The molecular formula is C14H14N4O3S3. The van der Waals surface area contributed by atoms with E-state index in [-0.39, 0.29) is 29.2 Å². The summed E-state index contributed by atoms with van der Waals surface area (Å²) in [6.07, 6.45) is 0.489. The lowest BCUT2D eigenvalue weighted by molar-refractivity contribution is -0.119. The van der Waals surface area contributed by atoms with Gasteiger partial charge in [-0.15, -0.1) is 10.2 Å². The molecule has 1 aromatic carbocycles. The molecule has 4 rings (SSSR count). The first-order valence-corrected chi connectivity index (χ1v) is 11.0. The van der Waals surface area contributed by atoms with Crippen LogP contribution in [-0.2, 0) is 14.6 Å². The van der Waals surface area contributed by atoms with E-state index in [9.17, 15) is 13.2 Å². The molecule has 0 bridgehead atoms. The summed E-state index contributed by atoms with van der Waals surface area (Å²) in [7, 11) is -2.99. The number of hydrogen-bond acceptors (Lipinski definition) is 7. The van der Waals surface area contributed by atoms with Crippen LogP contribution in [0.4, 0.5) is 0 Å². The standard InChI is InChI=1S/C14H14N4O3S3/c19-12(15-9-5-6-24(20,21)8-9)7-22-13-16-17-14-18(13)10-3-1-2-4-11(10)23-14/h1-4,9H,5-8H2,(H,15,19)/t9-/m0/s1. The van der Waals surface area contributed by atoms with Gasteiger partial charge in [-0.3, -0.25) is 9.20 Å². The number of thioether (sulfide) groups is 1. The van der Waals surface area contributed by atoms with Crippen LogP contribution in [0.5, 0.6) is 0 Å². The van der Waals surface area contributed by atoms with Crippen LogP contribution in [0.3, 0.4) is 0 Å². The summed E-state index contributed by atoms with van der Waals surface area (Å²) in [6.45, 7) is 0. The van der Waals surface area contributed by atoms with Gasteiger partial charge in [-0.25, -0.2) is 8.42 Å². The van der Waals surface area contributed by atoms with Crippen molar-refractivity contribution in [3.8, 4) is 0 Å². The van der Waals surface area contributed by atoms with Crippen molar-refractivity contribution in [1.29, 1.82) is 0 Å². The predicted octanol–water partition coefficient (Wildman–Crippen LogP) is 1.34. The Kier molecular flexibility index (Phi) is 3.97. The molecule has 126 valence electrons. The van der Waals surface area contributed by atoms with Crippen molar-refractivity contribution < 1.29 is 13.2 Å². The fourth-order valence-electron chi connectivity index (χ4n) is 2.76. The molecule has 7 nitrogen and oxygen atoms in total. The molecule has 24 heavy (non-hydrogen) atoms. The first-order valence-electron chi connectivity index (χ1n) is 7.37. The molecule has 0 spiro atoms. The number of rotatable bonds is 4. The summed E-state index contributed by atoms with van der Waals surface area (Å²) in [4.78, 5) is 12.9. The molecule has 1 aliphatic heterocycles. The third kappa shape index (κ3) is 3.01. The Morgan fingerprint density at radius 3 is 3.00 bits per heavy atom. The van der Waals surface area contributed by atoms with E-state index in [2.05, 4.69) is 15.5 Å². The zero-order chi connectivity index (χ0) is 16.7. The number of fused-ring (bicyclic) bond motifs is 3.